The third-order valence-corrected chi connectivity index (χ3v) is 2.16. The van der Waals surface area contributed by atoms with Crippen LogP contribution in [0.5, 0.6) is 0 Å². The van der Waals surface area contributed by atoms with Gasteiger partial charge in [-0.2, -0.15) is 0 Å². The number of carbonyl (C=O) groups is 1. The molecule has 0 aliphatic heterocycles. The van der Waals surface area contributed by atoms with Crippen molar-refractivity contribution in [2.24, 2.45) is 0 Å². The lowest BCUT2D eigenvalue weighted by molar-refractivity contribution is -0.136. The first-order chi connectivity index (χ1) is 6.66. The highest BCUT2D eigenvalue weighted by atomic mass is 79.9. The first-order valence-corrected chi connectivity index (χ1v) is 4.72. The average Bonchev–Trinajstić information content (AvgIpc) is 2.45. The SMILES string of the molecule is O=C(O)Cc1cccc2oc(Br)nc12. The third-order valence-electron chi connectivity index (χ3n) is 1.82. The van der Waals surface area contributed by atoms with E-state index in [2.05, 4.69) is 20.9 Å². The molecule has 1 N–H and O–H groups in total. The van der Waals surface area contributed by atoms with Gasteiger partial charge in [-0.05, 0) is 11.6 Å². The molecule has 1 aromatic carbocycles. The minimum absolute atomic E-state index is 0.0453. The molecule has 2 aromatic rings. The molecule has 0 bridgehead atoms. The summed E-state index contributed by atoms with van der Waals surface area (Å²) in [6.07, 6.45) is -0.0453. The van der Waals surface area contributed by atoms with Crippen LogP contribution in [0.4, 0.5) is 0 Å². The van der Waals surface area contributed by atoms with Crippen LogP contribution in [0, 0.1) is 0 Å². The Labute approximate surface area is 87.7 Å². The molecule has 0 atom stereocenters. The van der Waals surface area contributed by atoms with Gasteiger partial charge in [-0.1, -0.05) is 12.1 Å². The van der Waals surface area contributed by atoms with Crippen molar-refractivity contribution in [3.8, 4) is 0 Å². The van der Waals surface area contributed by atoms with Crippen LogP contribution in [0.15, 0.2) is 27.4 Å². The van der Waals surface area contributed by atoms with Crippen molar-refractivity contribution in [1.29, 1.82) is 0 Å². The molecule has 5 heteroatoms. The summed E-state index contributed by atoms with van der Waals surface area (Å²) in [4.78, 5) is 15.0. The number of carboxylic acid groups (broad SMARTS) is 1. The second-order valence-electron chi connectivity index (χ2n) is 2.80. The van der Waals surface area contributed by atoms with Crippen LogP contribution in [0.1, 0.15) is 5.56 Å². The normalized spacial score (nSPS) is 10.6. The van der Waals surface area contributed by atoms with E-state index in [-0.39, 0.29) is 6.42 Å². The number of hydrogen-bond acceptors (Lipinski definition) is 3. The van der Waals surface area contributed by atoms with Crippen LogP contribution < -0.4 is 0 Å². The quantitative estimate of drug-likeness (QED) is 0.894. The molecule has 0 fully saturated rings. The molecule has 0 saturated carbocycles. The van der Waals surface area contributed by atoms with Crippen molar-refractivity contribution < 1.29 is 14.3 Å². The van der Waals surface area contributed by atoms with Gasteiger partial charge >= 0.3 is 5.97 Å². The van der Waals surface area contributed by atoms with Gasteiger partial charge in [0.15, 0.2) is 5.58 Å². The molecule has 14 heavy (non-hydrogen) atoms. The number of halogens is 1. The summed E-state index contributed by atoms with van der Waals surface area (Å²) in [6, 6.07) is 5.22. The Hall–Kier alpha value is -1.36. The molecule has 4 nitrogen and oxygen atoms in total. The predicted molar refractivity (Wildman–Crippen MR) is 53.0 cm³/mol. The summed E-state index contributed by atoms with van der Waals surface area (Å²) < 4.78 is 5.20. The van der Waals surface area contributed by atoms with E-state index < -0.39 is 5.97 Å². The summed E-state index contributed by atoms with van der Waals surface area (Å²) >= 11 is 3.10. The van der Waals surface area contributed by atoms with Crippen molar-refractivity contribution in [3.63, 3.8) is 0 Å². The van der Waals surface area contributed by atoms with Crippen LogP contribution in [-0.2, 0) is 11.2 Å². The number of para-hydroxylation sites is 1. The Balaban J connectivity index is 2.58. The van der Waals surface area contributed by atoms with E-state index in [0.717, 1.165) is 0 Å². The minimum atomic E-state index is -0.878. The van der Waals surface area contributed by atoms with E-state index in [1.54, 1.807) is 18.2 Å². The Morgan fingerprint density at radius 2 is 2.36 bits per heavy atom. The standard InChI is InChI=1S/C9H6BrNO3/c10-9-11-8-5(4-7(12)13)2-1-3-6(8)14-9/h1-3H,4H2,(H,12,13). The molecule has 1 aromatic heterocycles. The van der Waals surface area contributed by atoms with Crippen molar-refractivity contribution in [1.82, 2.24) is 4.98 Å². The van der Waals surface area contributed by atoms with E-state index >= 15 is 0 Å². The van der Waals surface area contributed by atoms with Gasteiger partial charge in [-0.15, -0.1) is 0 Å². The Morgan fingerprint density at radius 1 is 1.57 bits per heavy atom. The van der Waals surface area contributed by atoms with Gasteiger partial charge in [0, 0.05) is 15.9 Å². The van der Waals surface area contributed by atoms with Gasteiger partial charge in [0.25, 0.3) is 4.80 Å². The van der Waals surface area contributed by atoms with E-state index in [4.69, 9.17) is 9.52 Å². The molecule has 2 rings (SSSR count). The van der Waals surface area contributed by atoms with Crippen molar-refractivity contribution in [2.45, 2.75) is 6.42 Å². The molecule has 0 aliphatic rings. The number of hydrogen-bond donors (Lipinski definition) is 1. The number of fused-ring (bicyclic) bond motifs is 1. The fourth-order valence-electron chi connectivity index (χ4n) is 1.28. The highest BCUT2D eigenvalue weighted by Crippen LogP contribution is 2.22. The number of aliphatic carboxylic acids is 1. The molecule has 1 heterocycles. The maximum atomic E-state index is 10.5. The number of carboxylic acids is 1. The Kier molecular flexibility index (Phi) is 2.25. The van der Waals surface area contributed by atoms with E-state index in [1.807, 2.05) is 0 Å². The largest absolute Gasteiger partial charge is 0.481 e. The molecule has 0 amide bonds. The monoisotopic (exact) mass is 255 g/mol. The topological polar surface area (TPSA) is 63.3 Å². The molecule has 0 radical (unpaired) electrons. The molecule has 0 saturated heterocycles. The Bertz CT molecular complexity index is 492. The fourth-order valence-corrected chi connectivity index (χ4v) is 1.64. The maximum Gasteiger partial charge on any atom is 0.307 e. The smallest absolute Gasteiger partial charge is 0.307 e. The van der Waals surface area contributed by atoms with Crippen LogP contribution in [0.3, 0.4) is 0 Å². The van der Waals surface area contributed by atoms with E-state index in [1.165, 1.54) is 0 Å². The van der Waals surface area contributed by atoms with Gasteiger partial charge in [0.05, 0.1) is 6.42 Å². The van der Waals surface area contributed by atoms with E-state index in [9.17, 15) is 4.79 Å². The molecule has 0 unspecified atom stereocenters. The molecular weight excluding hydrogens is 250 g/mol. The van der Waals surface area contributed by atoms with Gasteiger partial charge < -0.3 is 9.52 Å². The summed E-state index contributed by atoms with van der Waals surface area (Å²) in [5.74, 6) is -0.878. The maximum absolute atomic E-state index is 10.5. The Morgan fingerprint density at radius 3 is 3.07 bits per heavy atom. The second-order valence-corrected chi connectivity index (χ2v) is 3.48. The molecular formula is C9H6BrNO3. The first kappa shape index (κ1) is 9.21. The van der Waals surface area contributed by atoms with Gasteiger partial charge in [0.1, 0.15) is 5.52 Å². The van der Waals surface area contributed by atoms with Crippen LogP contribution in [0.2, 0.25) is 0 Å². The molecule has 72 valence electrons. The lowest BCUT2D eigenvalue weighted by Gasteiger charge is -1.95. The summed E-state index contributed by atoms with van der Waals surface area (Å²) in [7, 11) is 0. The summed E-state index contributed by atoms with van der Waals surface area (Å²) in [5.41, 5.74) is 1.85. The lowest BCUT2D eigenvalue weighted by Crippen LogP contribution is -2.00. The first-order valence-electron chi connectivity index (χ1n) is 3.92. The van der Waals surface area contributed by atoms with E-state index in [0.29, 0.717) is 21.5 Å². The third kappa shape index (κ3) is 1.63. The fraction of sp³-hybridized carbons (Fsp3) is 0.111. The zero-order valence-electron chi connectivity index (χ0n) is 7.03. The zero-order chi connectivity index (χ0) is 10.1. The number of aromatic nitrogens is 1. The number of benzene rings is 1. The van der Waals surface area contributed by atoms with Crippen LogP contribution in [-0.4, -0.2) is 16.1 Å². The average molecular weight is 256 g/mol. The zero-order valence-corrected chi connectivity index (χ0v) is 8.61. The molecule has 0 spiro atoms. The van der Waals surface area contributed by atoms with Crippen LogP contribution >= 0.6 is 15.9 Å². The second kappa shape index (κ2) is 3.42. The van der Waals surface area contributed by atoms with Gasteiger partial charge in [-0.25, -0.2) is 4.98 Å². The minimum Gasteiger partial charge on any atom is -0.481 e. The highest BCUT2D eigenvalue weighted by molar-refractivity contribution is 9.10. The van der Waals surface area contributed by atoms with Crippen LogP contribution in [0.25, 0.3) is 11.1 Å². The summed E-state index contributed by atoms with van der Waals surface area (Å²) in [6.45, 7) is 0. The van der Waals surface area contributed by atoms with Crippen molar-refractivity contribution >= 4 is 33.0 Å². The van der Waals surface area contributed by atoms with Crippen molar-refractivity contribution in [2.75, 3.05) is 0 Å². The number of oxazole rings is 1. The van der Waals surface area contributed by atoms with Gasteiger partial charge in [0.2, 0.25) is 0 Å². The highest BCUT2D eigenvalue weighted by Gasteiger charge is 2.10. The number of rotatable bonds is 2. The van der Waals surface area contributed by atoms with Gasteiger partial charge in [-0.3, -0.25) is 4.79 Å². The molecule has 0 aliphatic carbocycles. The lowest BCUT2D eigenvalue weighted by atomic mass is 10.1. The van der Waals surface area contributed by atoms with Crippen molar-refractivity contribution in [3.05, 3.63) is 28.6 Å². The summed E-state index contributed by atoms with van der Waals surface area (Å²) in [5, 5.41) is 8.66. The number of nitrogens with zero attached hydrogens (tertiary/aromatic N) is 1. The predicted octanol–water partition coefficient (Wildman–Crippen LogP) is 2.22.